The second-order valence-corrected chi connectivity index (χ2v) is 6.88. The third-order valence-electron chi connectivity index (χ3n) is 4.00. The Morgan fingerprint density at radius 3 is 2.81 bits per heavy atom. The second-order valence-electron chi connectivity index (χ2n) is 5.56. The van der Waals surface area contributed by atoms with Crippen molar-refractivity contribution in [2.45, 2.75) is 44.7 Å². The first-order valence-corrected chi connectivity index (χ1v) is 8.62. The standard InChI is InChI=1S/C16H19BrClN3/c17-12-6-7-16(15(18)10-12)19-11-13-8-9-21(20-13)14-4-2-1-3-5-14/h6-10,14,19H,1-5,11H2. The molecule has 0 aliphatic heterocycles. The molecular weight excluding hydrogens is 350 g/mol. The highest BCUT2D eigenvalue weighted by Crippen LogP contribution is 2.28. The minimum Gasteiger partial charge on any atom is -0.378 e. The van der Waals surface area contributed by atoms with E-state index in [0.29, 0.717) is 12.6 Å². The second kappa shape index (κ2) is 6.84. The maximum atomic E-state index is 6.20. The van der Waals surface area contributed by atoms with E-state index < -0.39 is 0 Å². The Bertz CT molecular complexity index is 605. The summed E-state index contributed by atoms with van der Waals surface area (Å²) >= 11 is 9.62. The fourth-order valence-electron chi connectivity index (χ4n) is 2.84. The van der Waals surface area contributed by atoms with Crippen molar-refractivity contribution in [3.05, 3.63) is 45.7 Å². The van der Waals surface area contributed by atoms with Gasteiger partial charge < -0.3 is 5.32 Å². The summed E-state index contributed by atoms with van der Waals surface area (Å²) in [5, 5.41) is 8.76. The van der Waals surface area contributed by atoms with Gasteiger partial charge in [0.15, 0.2) is 0 Å². The summed E-state index contributed by atoms with van der Waals surface area (Å²) in [7, 11) is 0. The van der Waals surface area contributed by atoms with E-state index >= 15 is 0 Å². The molecule has 0 bridgehead atoms. The van der Waals surface area contributed by atoms with E-state index in [1.807, 2.05) is 18.2 Å². The topological polar surface area (TPSA) is 29.9 Å². The van der Waals surface area contributed by atoms with Crippen molar-refractivity contribution < 1.29 is 0 Å². The van der Waals surface area contributed by atoms with Crippen molar-refractivity contribution in [3.8, 4) is 0 Å². The van der Waals surface area contributed by atoms with Gasteiger partial charge in [-0.3, -0.25) is 4.68 Å². The lowest BCUT2D eigenvalue weighted by Crippen LogP contribution is -2.13. The summed E-state index contributed by atoms with van der Waals surface area (Å²) in [6.07, 6.45) is 8.64. The Balaban J connectivity index is 1.61. The number of rotatable bonds is 4. The van der Waals surface area contributed by atoms with Crippen LogP contribution in [0.3, 0.4) is 0 Å². The number of hydrogen-bond acceptors (Lipinski definition) is 2. The summed E-state index contributed by atoms with van der Waals surface area (Å²) in [5.41, 5.74) is 1.99. The largest absolute Gasteiger partial charge is 0.378 e. The van der Waals surface area contributed by atoms with Crippen molar-refractivity contribution in [2.75, 3.05) is 5.32 Å². The highest BCUT2D eigenvalue weighted by molar-refractivity contribution is 9.10. The van der Waals surface area contributed by atoms with E-state index in [4.69, 9.17) is 16.7 Å². The van der Waals surface area contributed by atoms with Crippen molar-refractivity contribution in [1.82, 2.24) is 9.78 Å². The summed E-state index contributed by atoms with van der Waals surface area (Å²) in [5.74, 6) is 0. The predicted octanol–water partition coefficient (Wildman–Crippen LogP) is 5.42. The number of anilines is 1. The maximum absolute atomic E-state index is 6.20. The van der Waals surface area contributed by atoms with Gasteiger partial charge in [-0.05, 0) is 37.1 Å². The van der Waals surface area contributed by atoms with E-state index in [-0.39, 0.29) is 0 Å². The van der Waals surface area contributed by atoms with Gasteiger partial charge in [0.2, 0.25) is 0 Å². The molecule has 0 spiro atoms. The molecule has 3 rings (SSSR count). The molecule has 5 heteroatoms. The zero-order valence-electron chi connectivity index (χ0n) is 11.9. The van der Waals surface area contributed by atoms with Gasteiger partial charge >= 0.3 is 0 Å². The lowest BCUT2D eigenvalue weighted by Gasteiger charge is -2.21. The van der Waals surface area contributed by atoms with Crippen molar-refractivity contribution in [3.63, 3.8) is 0 Å². The van der Waals surface area contributed by atoms with Crippen molar-refractivity contribution in [2.24, 2.45) is 0 Å². The van der Waals surface area contributed by atoms with Gasteiger partial charge in [-0.15, -0.1) is 0 Å². The molecule has 1 saturated carbocycles. The number of halogens is 2. The SMILES string of the molecule is Clc1cc(Br)ccc1NCc1ccn(C2CCCCC2)n1. The van der Waals surface area contributed by atoms with Gasteiger partial charge in [0.05, 0.1) is 29.0 Å². The smallest absolute Gasteiger partial charge is 0.0815 e. The zero-order chi connectivity index (χ0) is 14.7. The van der Waals surface area contributed by atoms with E-state index in [2.05, 4.69) is 38.2 Å². The Hall–Kier alpha value is -1.00. The van der Waals surface area contributed by atoms with Crippen LogP contribution in [0, 0.1) is 0 Å². The van der Waals surface area contributed by atoms with Crippen LogP contribution in [-0.2, 0) is 6.54 Å². The molecule has 1 aromatic heterocycles. The van der Waals surface area contributed by atoms with E-state index in [1.165, 1.54) is 32.1 Å². The normalized spacial score (nSPS) is 16.1. The molecule has 2 aromatic rings. The molecule has 0 atom stereocenters. The molecule has 0 radical (unpaired) electrons. The summed E-state index contributed by atoms with van der Waals surface area (Å²) in [4.78, 5) is 0. The minimum atomic E-state index is 0.587. The summed E-state index contributed by atoms with van der Waals surface area (Å²) in [6, 6.07) is 8.53. The van der Waals surface area contributed by atoms with E-state index in [1.54, 1.807) is 0 Å². The zero-order valence-corrected chi connectivity index (χ0v) is 14.2. The van der Waals surface area contributed by atoms with Crippen LogP contribution in [0.5, 0.6) is 0 Å². The summed E-state index contributed by atoms with van der Waals surface area (Å²) < 4.78 is 3.12. The average molecular weight is 369 g/mol. The molecule has 1 N–H and O–H groups in total. The average Bonchev–Trinajstić information content (AvgIpc) is 2.96. The fourth-order valence-corrected chi connectivity index (χ4v) is 3.58. The minimum absolute atomic E-state index is 0.587. The van der Waals surface area contributed by atoms with E-state index in [9.17, 15) is 0 Å². The Labute approximate surface area is 138 Å². The fraction of sp³-hybridized carbons (Fsp3) is 0.438. The number of nitrogens with one attached hydrogen (secondary N) is 1. The Kier molecular flexibility index (Phi) is 4.86. The number of benzene rings is 1. The third-order valence-corrected chi connectivity index (χ3v) is 4.81. The quantitative estimate of drug-likeness (QED) is 0.781. The van der Waals surface area contributed by atoms with Crippen LogP contribution in [0.4, 0.5) is 5.69 Å². The van der Waals surface area contributed by atoms with Gasteiger partial charge in [0, 0.05) is 10.7 Å². The monoisotopic (exact) mass is 367 g/mol. The summed E-state index contributed by atoms with van der Waals surface area (Å²) in [6.45, 7) is 0.696. The third kappa shape index (κ3) is 3.80. The van der Waals surface area contributed by atoms with Gasteiger partial charge in [0.1, 0.15) is 0 Å². The molecule has 3 nitrogen and oxygen atoms in total. The first-order chi connectivity index (χ1) is 10.2. The first-order valence-electron chi connectivity index (χ1n) is 7.45. The molecule has 1 fully saturated rings. The molecule has 1 aliphatic rings. The highest BCUT2D eigenvalue weighted by atomic mass is 79.9. The number of aromatic nitrogens is 2. The number of hydrogen-bond donors (Lipinski definition) is 1. The molecule has 112 valence electrons. The molecule has 21 heavy (non-hydrogen) atoms. The van der Waals surface area contributed by atoms with Crippen LogP contribution in [0.2, 0.25) is 5.02 Å². The van der Waals surface area contributed by atoms with Crippen LogP contribution >= 0.6 is 27.5 Å². The van der Waals surface area contributed by atoms with Gasteiger partial charge in [-0.2, -0.15) is 5.10 Å². The molecular formula is C16H19BrClN3. The lowest BCUT2D eigenvalue weighted by molar-refractivity contribution is 0.328. The first kappa shape index (κ1) is 14.9. The molecule has 0 amide bonds. The van der Waals surface area contributed by atoms with Crippen LogP contribution in [-0.4, -0.2) is 9.78 Å². The predicted molar refractivity (Wildman–Crippen MR) is 90.8 cm³/mol. The van der Waals surface area contributed by atoms with Gasteiger partial charge in [-0.1, -0.05) is 46.8 Å². The Morgan fingerprint density at radius 1 is 1.24 bits per heavy atom. The Morgan fingerprint density at radius 2 is 2.05 bits per heavy atom. The molecule has 0 saturated heterocycles. The van der Waals surface area contributed by atoms with E-state index in [0.717, 1.165) is 20.9 Å². The lowest BCUT2D eigenvalue weighted by atomic mass is 9.96. The van der Waals surface area contributed by atoms with Gasteiger partial charge in [0.25, 0.3) is 0 Å². The highest BCUT2D eigenvalue weighted by Gasteiger charge is 2.15. The molecule has 1 heterocycles. The van der Waals surface area contributed by atoms with Crippen LogP contribution in [0.1, 0.15) is 43.8 Å². The van der Waals surface area contributed by atoms with Crippen LogP contribution in [0.25, 0.3) is 0 Å². The van der Waals surface area contributed by atoms with Crippen LogP contribution < -0.4 is 5.32 Å². The van der Waals surface area contributed by atoms with Crippen LogP contribution in [0.15, 0.2) is 34.9 Å². The maximum Gasteiger partial charge on any atom is 0.0815 e. The molecule has 0 unspecified atom stereocenters. The van der Waals surface area contributed by atoms with Crippen molar-refractivity contribution in [1.29, 1.82) is 0 Å². The van der Waals surface area contributed by atoms with Gasteiger partial charge in [-0.25, -0.2) is 0 Å². The molecule has 1 aliphatic carbocycles. The van der Waals surface area contributed by atoms with Crippen molar-refractivity contribution >= 4 is 33.2 Å². The molecule has 1 aromatic carbocycles. The number of nitrogens with zero attached hydrogens (tertiary/aromatic N) is 2.